The summed E-state index contributed by atoms with van der Waals surface area (Å²) in [6, 6.07) is 9.15. The molecule has 1 atom stereocenters. The summed E-state index contributed by atoms with van der Waals surface area (Å²) in [4.78, 5) is 26.5. The Bertz CT molecular complexity index is 913. The highest BCUT2D eigenvalue weighted by atomic mass is 19.4. The van der Waals surface area contributed by atoms with Crippen molar-refractivity contribution < 1.29 is 32.2 Å². The third-order valence-electron chi connectivity index (χ3n) is 4.65. The molecule has 3 rings (SSSR count). The molecule has 1 unspecified atom stereocenters. The van der Waals surface area contributed by atoms with Gasteiger partial charge >= 0.3 is 6.18 Å². The number of carbonyl (C=O) groups excluding carboxylic acids is 2. The Kier molecular flexibility index (Phi) is 5.67. The molecule has 0 saturated carbocycles. The van der Waals surface area contributed by atoms with Crippen LogP contribution in [0.4, 0.5) is 24.5 Å². The smallest absolute Gasteiger partial charge is 0.416 e. The van der Waals surface area contributed by atoms with E-state index in [-0.39, 0.29) is 24.6 Å². The molecule has 2 amide bonds. The molecule has 0 spiro atoms. The highest BCUT2D eigenvalue weighted by Crippen LogP contribution is 2.36. The van der Waals surface area contributed by atoms with E-state index in [0.717, 1.165) is 12.1 Å². The van der Waals surface area contributed by atoms with E-state index in [2.05, 4.69) is 5.32 Å². The minimum absolute atomic E-state index is 0.0210. The molecule has 1 saturated heterocycles. The Labute approximate surface area is 165 Å². The number of rotatable bonds is 5. The van der Waals surface area contributed by atoms with Crippen molar-refractivity contribution in [3.8, 4) is 11.5 Å². The predicted molar refractivity (Wildman–Crippen MR) is 100 cm³/mol. The average Bonchev–Trinajstić information content (AvgIpc) is 3.09. The predicted octanol–water partition coefficient (Wildman–Crippen LogP) is 3.71. The molecule has 0 bridgehead atoms. The third kappa shape index (κ3) is 4.44. The van der Waals surface area contributed by atoms with E-state index >= 15 is 0 Å². The van der Waals surface area contributed by atoms with Crippen LogP contribution >= 0.6 is 0 Å². The minimum atomic E-state index is -4.45. The first-order chi connectivity index (χ1) is 13.7. The number of carbonyl (C=O) groups is 2. The van der Waals surface area contributed by atoms with Gasteiger partial charge in [0, 0.05) is 24.7 Å². The number of nitrogens with one attached hydrogen (secondary N) is 1. The first-order valence-electron chi connectivity index (χ1n) is 8.73. The van der Waals surface area contributed by atoms with Gasteiger partial charge in [0.15, 0.2) is 0 Å². The number of amides is 2. The van der Waals surface area contributed by atoms with E-state index in [1.807, 2.05) is 0 Å². The number of anilines is 2. The summed E-state index contributed by atoms with van der Waals surface area (Å²) in [5, 5.41) is 2.57. The zero-order chi connectivity index (χ0) is 21.2. The standard InChI is InChI=1S/C20H19F3N2O4/c1-28-15-7-8-17(29-2)16(10-15)25-11-12(9-18(25)26)19(27)24-14-5-3-13(4-6-14)20(21,22)23/h3-8,10,12H,9,11H2,1-2H3,(H,24,27). The molecule has 1 fully saturated rings. The first kappa shape index (κ1) is 20.5. The first-order valence-corrected chi connectivity index (χ1v) is 8.73. The summed E-state index contributed by atoms with van der Waals surface area (Å²) < 4.78 is 48.4. The van der Waals surface area contributed by atoms with Gasteiger partial charge in [0.25, 0.3) is 0 Å². The number of benzene rings is 2. The van der Waals surface area contributed by atoms with Gasteiger partial charge in [0.2, 0.25) is 11.8 Å². The van der Waals surface area contributed by atoms with Crippen molar-refractivity contribution in [2.75, 3.05) is 31.0 Å². The fourth-order valence-corrected chi connectivity index (χ4v) is 3.11. The highest BCUT2D eigenvalue weighted by Gasteiger charge is 2.36. The van der Waals surface area contributed by atoms with Gasteiger partial charge < -0.3 is 19.7 Å². The maximum atomic E-state index is 12.6. The number of hydrogen-bond acceptors (Lipinski definition) is 4. The van der Waals surface area contributed by atoms with Gasteiger partial charge in [0.1, 0.15) is 11.5 Å². The van der Waals surface area contributed by atoms with E-state index in [1.165, 1.54) is 31.3 Å². The van der Waals surface area contributed by atoms with Gasteiger partial charge in [-0.3, -0.25) is 9.59 Å². The fourth-order valence-electron chi connectivity index (χ4n) is 3.11. The summed E-state index contributed by atoms with van der Waals surface area (Å²) in [5.41, 5.74) is -0.0858. The van der Waals surface area contributed by atoms with Crippen molar-refractivity contribution in [1.29, 1.82) is 0 Å². The van der Waals surface area contributed by atoms with Crippen LogP contribution < -0.4 is 19.7 Å². The second kappa shape index (κ2) is 8.02. The maximum Gasteiger partial charge on any atom is 0.416 e. The number of halogens is 3. The molecular weight excluding hydrogens is 389 g/mol. The molecule has 1 aliphatic heterocycles. The molecule has 2 aromatic carbocycles. The van der Waals surface area contributed by atoms with E-state index in [0.29, 0.717) is 17.2 Å². The lowest BCUT2D eigenvalue weighted by Gasteiger charge is -2.20. The van der Waals surface area contributed by atoms with E-state index in [1.54, 1.807) is 18.2 Å². The zero-order valence-electron chi connectivity index (χ0n) is 15.7. The topological polar surface area (TPSA) is 67.9 Å². The zero-order valence-corrected chi connectivity index (χ0v) is 15.7. The summed E-state index contributed by atoms with van der Waals surface area (Å²) in [7, 11) is 2.97. The lowest BCUT2D eigenvalue weighted by atomic mass is 10.1. The second-order valence-corrected chi connectivity index (χ2v) is 6.51. The van der Waals surface area contributed by atoms with Crippen LogP contribution in [0.2, 0.25) is 0 Å². The van der Waals surface area contributed by atoms with Gasteiger partial charge in [-0.15, -0.1) is 0 Å². The molecule has 9 heteroatoms. The van der Waals surface area contributed by atoms with Crippen molar-refractivity contribution in [3.63, 3.8) is 0 Å². The molecule has 0 aromatic heterocycles. The normalized spacial score (nSPS) is 16.7. The Balaban J connectivity index is 1.72. The second-order valence-electron chi connectivity index (χ2n) is 6.51. The molecule has 2 aromatic rings. The van der Waals surface area contributed by atoms with E-state index < -0.39 is 23.6 Å². The maximum absolute atomic E-state index is 12.6. The van der Waals surface area contributed by atoms with Crippen LogP contribution in [0.5, 0.6) is 11.5 Å². The lowest BCUT2D eigenvalue weighted by molar-refractivity contribution is -0.137. The summed E-state index contributed by atoms with van der Waals surface area (Å²) in [6.45, 7) is 0.120. The SMILES string of the molecule is COc1ccc(OC)c(N2CC(C(=O)Nc3ccc(C(F)(F)F)cc3)CC2=O)c1. The number of hydrogen-bond donors (Lipinski definition) is 1. The molecule has 29 heavy (non-hydrogen) atoms. The summed E-state index contributed by atoms with van der Waals surface area (Å²) in [5.74, 6) is -0.360. The van der Waals surface area contributed by atoms with Crippen LogP contribution in [0.15, 0.2) is 42.5 Å². The van der Waals surface area contributed by atoms with Crippen molar-refractivity contribution in [2.24, 2.45) is 5.92 Å². The van der Waals surface area contributed by atoms with Crippen molar-refractivity contribution in [3.05, 3.63) is 48.0 Å². The number of ether oxygens (including phenoxy) is 2. The molecule has 0 aliphatic carbocycles. The Morgan fingerprint density at radius 1 is 1.10 bits per heavy atom. The molecular formula is C20H19F3N2O4. The Morgan fingerprint density at radius 2 is 1.79 bits per heavy atom. The average molecular weight is 408 g/mol. The summed E-state index contributed by atoms with van der Waals surface area (Å²) >= 11 is 0. The van der Waals surface area contributed by atoms with Crippen LogP contribution in [0, 0.1) is 5.92 Å². The molecule has 1 heterocycles. The minimum Gasteiger partial charge on any atom is -0.497 e. The van der Waals surface area contributed by atoms with Gasteiger partial charge in [-0.25, -0.2) is 0 Å². The van der Waals surface area contributed by atoms with Crippen LogP contribution in [0.3, 0.4) is 0 Å². The van der Waals surface area contributed by atoms with Crippen molar-refractivity contribution in [2.45, 2.75) is 12.6 Å². The van der Waals surface area contributed by atoms with E-state index in [9.17, 15) is 22.8 Å². The van der Waals surface area contributed by atoms with Crippen molar-refractivity contribution >= 4 is 23.2 Å². The highest BCUT2D eigenvalue weighted by molar-refractivity contribution is 6.04. The lowest BCUT2D eigenvalue weighted by Crippen LogP contribution is -2.28. The molecule has 154 valence electrons. The third-order valence-corrected chi connectivity index (χ3v) is 4.65. The Hall–Kier alpha value is -3.23. The van der Waals surface area contributed by atoms with Crippen molar-refractivity contribution in [1.82, 2.24) is 0 Å². The largest absolute Gasteiger partial charge is 0.497 e. The summed E-state index contributed by atoms with van der Waals surface area (Å²) in [6.07, 6.45) is -4.47. The van der Waals surface area contributed by atoms with Crippen LogP contribution in [-0.2, 0) is 15.8 Å². The van der Waals surface area contributed by atoms with Crippen LogP contribution in [0.1, 0.15) is 12.0 Å². The number of methoxy groups -OCH3 is 2. The Morgan fingerprint density at radius 3 is 2.38 bits per heavy atom. The number of nitrogens with zero attached hydrogens (tertiary/aromatic N) is 1. The van der Waals surface area contributed by atoms with Gasteiger partial charge in [0.05, 0.1) is 31.4 Å². The monoisotopic (exact) mass is 408 g/mol. The number of alkyl halides is 3. The van der Waals surface area contributed by atoms with Gasteiger partial charge in [-0.05, 0) is 36.4 Å². The van der Waals surface area contributed by atoms with Gasteiger partial charge in [-0.1, -0.05) is 0 Å². The molecule has 0 radical (unpaired) electrons. The molecule has 6 nitrogen and oxygen atoms in total. The molecule has 1 aliphatic rings. The van der Waals surface area contributed by atoms with E-state index in [4.69, 9.17) is 9.47 Å². The quantitative estimate of drug-likeness (QED) is 0.819. The van der Waals surface area contributed by atoms with Gasteiger partial charge in [-0.2, -0.15) is 13.2 Å². The molecule has 1 N–H and O–H groups in total. The fraction of sp³-hybridized carbons (Fsp3) is 0.300. The van der Waals surface area contributed by atoms with Crippen LogP contribution in [0.25, 0.3) is 0 Å². The van der Waals surface area contributed by atoms with Crippen LogP contribution in [-0.4, -0.2) is 32.6 Å².